The molecule has 0 spiro atoms. The van der Waals surface area contributed by atoms with Gasteiger partial charge in [0.25, 0.3) is 0 Å². The van der Waals surface area contributed by atoms with Gasteiger partial charge in [0.05, 0.1) is 6.33 Å². The van der Waals surface area contributed by atoms with Gasteiger partial charge < -0.3 is 4.74 Å². The lowest BCUT2D eigenvalue weighted by atomic mass is 9.79. The Balaban J connectivity index is 1.94. The van der Waals surface area contributed by atoms with Gasteiger partial charge >= 0.3 is 0 Å². The van der Waals surface area contributed by atoms with Crippen molar-refractivity contribution in [3.05, 3.63) is 47.5 Å². The minimum Gasteiger partial charge on any atom is -0.384 e. The SMILES string of the molecule is COCC1CCC(c2ccc(CCC=CF)c(F)c2)CC1. The van der Waals surface area contributed by atoms with Crippen LogP contribution in [0.2, 0.25) is 0 Å². The summed E-state index contributed by atoms with van der Waals surface area (Å²) in [6.07, 6.45) is 7.55. The Hall–Kier alpha value is -1.22. The second kappa shape index (κ2) is 8.28. The van der Waals surface area contributed by atoms with Crippen LogP contribution in [0.4, 0.5) is 8.78 Å². The highest BCUT2D eigenvalue weighted by molar-refractivity contribution is 5.27. The first-order valence-corrected chi connectivity index (χ1v) is 7.77. The van der Waals surface area contributed by atoms with Crippen LogP contribution in [0.15, 0.2) is 30.6 Å². The fraction of sp³-hybridized carbons (Fsp3) is 0.556. The predicted octanol–water partition coefficient (Wildman–Crippen LogP) is 5.16. The Morgan fingerprint density at radius 1 is 1.24 bits per heavy atom. The number of rotatable bonds is 6. The topological polar surface area (TPSA) is 9.23 Å². The maximum Gasteiger partial charge on any atom is 0.126 e. The van der Waals surface area contributed by atoms with E-state index in [4.69, 9.17) is 4.74 Å². The smallest absolute Gasteiger partial charge is 0.126 e. The number of benzene rings is 1. The molecule has 116 valence electrons. The number of aryl methyl sites for hydroxylation is 1. The summed E-state index contributed by atoms with van der Waals surface area (Å²) in [6, 6.07) is 5.58. The summed E-state index contributed by atoms with van der Waals surface area (Å²) in [5.74, 6) is 0.967. The van der Waals surface area contributed by atoms with E-state index >= 15 is 0 Å². The quantitative estimate of drug-likeness (QED) is 0.704. The van der Waals surface area contributed by atoms with E-state index < -0.39 is 0 Å². The van der Waals surface area contributed by atoms with Gasteiger partial charge in [0.15, 0.2) is 0 Å². The molecule has 1 aromatic rings. The Morgan fingerprint density at radius 2 is 2.00 bits per heavy atom. The molecular weight excluding hydrogens is 270 g/mol. The van der Waals surface area contributed by atoms with Crippen molar-refractivity contribution in [1.29, 1.82) is 0 Å². The molecule has 0 heterocycles. The largest absolute Gasteiger partial charge is 0.384 e. The van der Waals surface area contributed by atoms with E-state index in [2.05, 4.69) is 0 Å². The molecule has 21 heavy (non-hydrogen) atoms. The molecule has 0 bridgehead atoms. The molecular formula is C18H24F2O. The Kier molecular flexibility index (Phi) is 6.37. The van der Waals surface area contributed by atoms with Crippen LogP contribution < -0.4 is 0 Å². The minimum atomic E-state index is -0.154. The maximum absolute atomic E-state index is 14.1. The molecule has 0 saturated heterocycles. The lowest BCUT2D eigenvalue weighted by Gasteiger charge is -2.28. The lowest BCUT2D eigenvalue weighted by molar-refractivity contribution is 0.127. The normalized spacial score (nSPS) is 22.8. The van der Waals surface area contributed by atoms with Gasteiger partial charge in [0, 0.05) is 13.7 Å². The van der Waals surface area contributed by atoms with E-state index in [1.165, 1.54) is 6.08 Å². The summed E-state index contributed by atoms with van der Waals surface area (Å²) in [5.41, 5.74) is 1.78. The highest BCUT2D eigenvalue weighted by atomic mass is 19.1. The number of allylic oxidation sites excluding steroid dienone is 1. The van der Waals surface area contributed by atoms with Crippen LogP contribution in [-0.4, -0.2) is 13.7 Å². The van der Waals surface area contributed by atoms with E-state index in [0.29, 0.717) is 36.6 Å². The summed E-state index contributed by atoms with van der Waals surface area (Å²) in [7, 11) is 1.75. The first-order chi connectivity index (χ1) is 10.2. The Labute approximate surface area is 126 Å². The zero-order chi connectivity index (χ0) is 15.1. The molecule has 0 aliphatic heterocycles. The van der Waals surface area contributed by atoms with Crippen molar-refractivity contribution in [3.63, 3.8) is 0 Å². The van der Waals surface area contributed by atoms with Gasteiger partial charge in [-0.25, -0.2) is 8.78 Å². The first kappa shape index (κ1) is 16.2. The average molecular weight is 294 g/mol. The molecule has 1 aliphatic rings. The standard InChI is InChI=1S/C18H24F2O/c1-21-13-14-5-7-15(8-6-14)17-10-9-16(18(20)12-17)4-2-3-11-19/h3,9-12,14-15H,2,4-8,13H2,1H3. The van der Waals surface area contributed by atoms with E-state index in [9.17, 15) is 8.78 Å². The van der Waals surface area contributed by atoms with Gasteiger partial charge in [-0.1, -0.05) is 18.2 Å². The van der Waals surface area contributed by atoms with Crippen LogP contribution in [0.25, 0.3) is 0 Å². The number of halogens is 2. The number of methoxy groups -OCH3 is 1. The molecule has 1 fully saturated rings. The van der Waals surface area contributed by atoms with E-state index in [0.717, 1.165) is 37.9 Å². The van der Waals surface area contributed by atoms with Gasteiger partial charge in [-0.05, 0) is 67.6 Å². The molecule has 0 amide bonds. The third kappa shape index (κ3) is 4.63. The van der Waals surface area contributed by atoms with Crippen molar-refractivity contribution in [3.8, 4) is 0 Å². The molecule has 1 aliphatic carbocycles. The molecule has 0 atom stereocenters. The maximum atomic E-state index is 14.1. The van der Waals surface area contributed by atoms with E-state index in [1.807, 2.05) is 12.1 Å². The Bertz CT molecular complexity index is 462. The lowest BCUT2D eigenvalue weighted by Crippen LogP contribution is -2.17. The van der Waals surface area contributed by atoms with Gasteiger partial charge in [-0.15, -0.1) is 0 Å². The van der Waals surface area contributed by atoms with Gasteiger partial charge in [-0.2, -0.15) is 0 Å². The second-order valence-electron chi connectivity index (χ2n) is 5.92. The third-order valence-electron chi connectivity index (χ3n) is 4.47. The van der Waals surface area contributed by atoms with Crippen molar-refractivity contribution < 1.29 is 13.5 Å². The van der Waals surface area contributed by atoms with Crippen LogP contribution in [-0.2, 0) is 11.2 Å². The van der Waals surface area contributed by atoms with Crippen LogP contribution >= 0.6 is 0 Å². The molecule has 1 aromatic carbocycles. The molecule has 1 saturated carbocycles. The van der Waals surface area contributed by atoms with Crippen LogP contribution in [0.5, 0.6) is 0 Å². The van der Waals surface area contributed by atoms with E-state index in [-0.39, 0.29) is 5.82 Å². The van der Waals surface area contributed by atoms with Crippen LogP contribution in [0.1, 0.15) is 49.1 Å². The summed E-state index contributed by atoms with van der Waals surface area (Å²) < 4.78 is 31.2. The third-order valence-corrected chi connectivity index (χ3v) is 4.47. The second-order valence-corrected chi connectivity index (χ2v) is 5.92. The molecule has 3 heteroatoms. The molecule has 2 rings (SSSR count). The van der Waals surface area contributed by atoms with Gasteiger partial charge in [0.2, 0.25) is 0 Å². The van der Waals surface area contributed by atoms with Crippen molar-refractivity contribution in [1.82, 2.24) is 0 Å². The zero-order valence-electron chi connectivity index (χ0n) is 12.7. The monoisotopic (exact) mass is 294 g/mol. The highest BCUT2D eigenvalue weighted by Gasteiger charge is 2.22. The number of hydrogen-bond acceptors (Lipinski definition) is 1. The summed E-state index contributed by atoms with van der Waals surface area (Å²) in [5, 5.41) is 0. The number of ether oxygens (including phenoxy) is 1. The predicted molar refractivity (Wildman–Crippen MR) is 81.5 cm³/mol. The van der Waals surface area contributed by atoms with Crippen molar-refractivity contribution in [2.24, 2.45) is 5.92 Å². The summed E-state index contributed by atoms with van der Waals surface area (Å²) >= 11 is 0. The van der Waals surface area contributed by atoms with Crippen molar-refractivity contribution in [2.75, 3.05) is 13.7 Å². The summed E-state index contributed by atoms with van der Waals surface area (Å²) in [6.45, 7) is 0.835. The fourth-order valence-electron chi connectivity index (χ4n) is 3.22. The molecule has 0 radical (unpaired) electrons. The average Bonchev–Trinajstić information content (AvgIpc) is 2.50. The Morgan fingerprint density at radius 3 is 2.62 bits per heavy atom. The number of hydrogen-bond donors (Lipinski definition) is 0. The first-order valence-electron chi connectivity index (χ1n) is 7.77. The van der Waals surface area contributed by atoms with Crippen molar-refractivity contribution >= 4 is 0 Å². The molecule has 1 nitrogen and oxygen atoms in total. The van der Waals surface area contributed by atoms with Gasteiger partial charge in [0.1, 0.15) is 5.82 Å². The van der Waals surface area contributed by atoms with Crippen molar-refractivity contribution in [2.45, 2.75) is 44.4 Å². The molecule has 0 aromatic heterocycles. The highest BCUT2D eigenvalue weighted by Crippen LogP contribution is 2.36. The van der Waals surface area contributed by atoms with Crippen LogP contribution in [0.3, 0.4) is 0 Å². The fourth-order valence-corrected chi connectivity index (χ4v) is 3.22. The minimum absolute atomic E-state index is 0.154. The zero-order valence-corrected chi connectivity index (χ0v) is 12.7. The van der Waals surface area contributed by atoms with Crippen LogP contribution in [0, 0.1) is 11.7 Å². The molecule has 0 N–H and O–H groups in total. The summed E-state index contributed by atoms with van der Waals surface area (Å²) in [4.78, 5) is 0. The van der Waals surface area contributed by atoms with Gasteiger partial charge in [-0.3, -0.25) is 0 Å². The molecule has 0 unspecified atom stereocenters. The van der Waals surface area contributed by atoms with E-state index in [1.54, 1.807) is 13.2 Å².